The second kappa shape index (κ2) is 12.4. The van der Waals surface area contributed by atoms with E-state index >= 15 is 0 Å². The van der Waals surface area contributed by atoms with E-state index < -0.39 is 0 Å². The van der Waals surface area contributed by atoms with E-state index in [9.17, 15) is 9.59 Å². The number of hydrogen-bond acceptors (Lipinski definition) is 7. The molecule has 38 heavy (non-hydrogen) atoms. The predicted octanol–water partition coefficient (Wildman–Crippen LogP) is 5.90. The summed E-state index contributed by atoms with van der Waals surface area (Å²) in [5, 5.41) is 16.0. The van der Waals surface area contributed by atoms with Crippen LogP contribution in [0.15, 0.2) is 59.8 Å². The molecule has 0 radical (unpaired) electrons. The van der Waals surface area contributed by atoms with Gasteiger partial charge < -0.3 is 15.2 Å². The van der Waals surface area contributed by atoms with Crippen molar-refractivity contribution in [1.29, 1.82) is 0 Å². The zero-order valence-electron chi connectivity index (χ0n) is 22.2. The zero-order chi connectivity index (χ0) is 27.2. The fourth-order valence-electron chi connectivity index (χ4n) is 3.99. The van der Waals surface area contributed by atoms with E-state index in [1.807, 2.05) is 93.8 Å². The van der Waals surface area contributed by atoms with Crippen molar-refractivity contribution in [1.82, 2.24) is 25.1 Å². The first kappa shape index (κ1) is 27.5. The molecule has 0 unspecified atom stereocenters. The molecular formula is C28H32N6O2S2. The van der Waals surface area contributed by atoms with Crippen LogP contribution >= 0.6 is 23.1 Å². The van der Waals surface area contributed by atoms with E-state index in [-0.39, 0.29) is 29.5 Å². The third kappa shape index (κ3) is 6.49. The molecule has 0 aliphatic heterocycles. The molecule has 8 nitrogen and oxygen atoms in total. The Morgan fingerprint density at radius 3 is 2.39 bits per heavy atom. The van der Waals surface area contributed by atoms with Crippen molar-refractivity contribution in [2.75, 3.05) is 11.1 Å². The minimum atomic E-state index is -0.325. The smallest absolute Gasteiger partial charge is 0.251 e. The lowest BCUT2D eigenvalue weighted by Crippen LogP contribution is -2.33. The molecule has 0 fully saturated rings. The number of nitrogens with one attached hydrogen (secondary N) is 2. The third-order valence-electron chi connectivity index (χ3n) is 6.03. The molecule has 2 aromatic heterocycles. The van der Waals surface area contributed by atoms with Crippen molar-refractivity contribution in [2.24, 2.45) is 5.92 Å². The zero-order valence-corrected chi connectivity index (χ0v) is 23.8. The first-order chi connectivity index (χ1) is 18.3. The second-order valence-corrected chi connectivity index (χ2v) is 11.4. The number of aryl methyl sites for hydroxylation is 2. The van der Waals surface area contributed by atoms with E-state index in [0.717, 1.165) is 21.7 Å². The fraction of sp³-hybridized carbons (Fsp3) is 0.321. The first-order valence-electron chi connectivity index (χ1n) is 12.5. The molecule has 2 heterocycles. The highest BCUT2D eigenvalue weighted by Gasteiger charge is 2.26. The summed E-state index contributed by atoms with van der Waals surface area (Å²) in [6.07, 6.45) is 0. The van der Waals surface area contributed by atoms with Gasteiger partial charge in [0.15, 0.2) is 16.1 Å². The molecule has 0 saturated heterocycles. The molecule has 2 amide bonds. The number of rotatable bonds is 10. The van der Waals surface area contributed by atoms with Crippen LogP contribution in [-0.2, 0) is 11.3 Å². The number of carbonyl (C=O) groups excluding carboxylic acids is 2. The number of benzene rings is 2. The monoisotopic (exact) mass is 548 g/mol. The van der Waals surface area contributed by atoms with Crippen LogP contribution < -0.4 is 10.6 Å². The van der Waals surface area contributed by atoms with Crippen LogP contribution in [0.4, 0.5) is 5.13 Å². The van der Waals surface area contributed by atoms with Gasteiger partial charge in [0.1, 0.15) is 0 Å². The Morgan fingerprint density at radius 1 is 1.03 bits per heavy atom. The molecule has 198 valence electrons. The number of anilines is 1. The molecule has 0 spiro atoms. The van der Waals surface area contributed by atoms with Gasteiger partial charge in [-0.1, -0.05) is 73.6 Å². The largest absolute Gasteiger partial charge is 0.342 e. The average molecular weight is 549 g/mol. The summed E-state index contributed by atoms with van der Waals surface area (Å²) >= 11 is 2.77. The highest BCUT2D eigenvalue weighted by molar-refractivity contribution is 7.99. The molecule has 2 aromatic carbocycles. The number of thiazole rings is 1. The maximum absolute atomic E-state index is 12.9. The Bertz CT molecular complexity index is 1400. The normalized spacial score (nSPS) is 11.9. The Hall–Kier alpha value is -3.50. The van der Waals surface area contributed by atoms with E-state index in [4.69, 9.17) is 0 Å². The summed E-state index contributed by atoms with van der Waals surface area (Å²) in [4.78, 5) is 31.3. The Morgan fingerprint density at radius 2 is 1.74 bits per heavy atom. The van der Waals surface area contributed by atoms with Gasteiger partial charge in [-0.2, -0.15) is 0 Å². The van der Waals surface area contributed by atoms with Crippen molar-refractivity contribution in [3.05, 3.63) is 76.4 Å². The van der Waals surface area contributed by atoms with Crippen molar-refractivity contribution in [3.8, 4) is 11.3 Å². The number of nitrogens with zero attached hydrogens (tertiary/aromatic N) is 4. The minimum Gasteiger partial charge on any atom is -0.342 e. The van der Waals surface area contributed by atoms with Crippen molar-refractivity contribution >= 4 is 40.0 Å². The van der Waals surface area contributed by atoms with Crippen LogP contribution in [0.2, 0.25) is 0 Å². The number of carbonyl (C=O) groups is 2. The van der Waals surface area contributed by atoms with Crippen molar-refractivity contribution in [2.45, 2.75) is 52.4 Å². The quantitative estimate of drug-likeness (QED) is 0.239. The van der Waals surface area contributed by atoms with Crippen LogP contribution in [0, 0.1) is 19.8 Å². The first-order valence-corrected chi connectivity index (χ1v) is 14.3. The van der Waals surface area contributed by atoms with Gasteiger partial charge in [0.05, 0.1) is 17.5 Å². The maximum atomic E-state index is 12.9. The van der Waals surface area contributed by atoms with Gasteiger partial charge in [-0.15, -0.1) is 21.5 Å². The molecule has 4 rings (SSSR count). The fourth-order valence-corrected chi connectivity index (χ4v) is 5.65. The maximum Gasteiger partial charge on any atom is 0.251 e. The number of hydrogen-bond donors (Lipinski definition) is 2. The number of aromatic nitrogens is 4. The molecule has 1 atom stereocenters. The third-order valence-corrected chi connectivity index (χ3v) is 7.88. The summed E-state index contributed by atoms with van der Waals surface area (Å²) in [6, 6.07) is 17.1. The average Bonchev–Trinajstić information content (AvgIpc) is 3.48. The molecular weight excluding hydrogens is 516 g/mol. The lowest BCUT2D eigenvalue weighted by Gasteiger charge is -2.22. The van der Waals surface area contributed by atoms with Crippen LogP contribution in [0.3, 0.4) is 0 Å². The number of thioether (sulfide) groups is 1. The molecule has 2 N–H and O–H groups in total. The predicted molar refractivity (Wildman–Crippen MR) is 154 cm³/mol. The van der Waals surface area contributed by atoms with Crippen LogP contribution in [-0.4, -0.2) is 37.3 Å². The van der Waals surface area contributed by atoms with E-state index in [2.05, 4.69) is 25.8 Å². The highest BCUT2D eigenvalue weighted by Crippen LogP contribution is 2.31. The topological polar surface area (TPSA) is 102 Å². The van der Waals surface area contributed by atoms with Crippen molar-refractivity contribution < 1.29 is 9.59 Å². The molecule has 0 aliphatic carbocycles. The van der Waals surface area contributed by atoms with Gasteiger partial charge in [0.2, 0.25) is 5.91 Å². The Labute approximate surface area is 231 Å². The second-order valence-electron chi connectivity index (χ2n) is 9.27. The van der Waals surface area contributed by atoms with Crippen LogP contribution in [0.5, 0.6) is 0 Å². The SMILES string of the molecule is CCn1c(SCC(=O)Nc2nc(-c3ccccc3)c(C)s2)nnc1[C@H](NC(=O)c1ccc(C)cc1)C(C)C. The van der Waals surface area contributed by atoms with E-state index in [1.165, 1.54) is 23.1 Å². The molecule has 0 aliphatic rings. The van der Waals surface area contributed by atoms with E-state index in [0.29, 0.717) is 28.2 Å². The summed E-state index contributed by atoms with van der Waals surface area (Å²) in [5.74, 6) is 0.612. The van der Waals surface area contributed by atoms with Gasteiger partial charge in [-0.25, -0.2) is 4.98 Å². The minimum absolute atomic E-state index is 0.0898. The molecule has 0 saturated carbocycles. The van der Waals surface area contributed by atoms with Gasteiger partial charge >= 0.3 is 0 Å². The Kier molecular flexibility index (Phi) is 8.96. The molecule has 0 bridgehead atoms. The molecule has 4 aromatic rings. The summed E-state index contributed by atoms with van der Waals surface area (Å²) in [7, 11) is 0. The van der Waals surface area contributed by atoms with Crippen LogP contribution in [0.25, 0.3) is 11.3 Å². The van der Waals surface area contributed by atoms with Gasteiger partial charge in [-0.3, -0.25) is 9.59 Å². The standard InChI is InChI=1S/C28H32N6O2S2/c1-6-34-25(23(17(2)3)30-26(36)21-14-12-18(4)13-15-21)32-33-28(34)37-16-22(35)29-27-31-24(19(5)38-27)20-10-8-7-9-11-20/h7-15,17,23H,6,16H2,1-5H3,(H,30,36)(H,29,31,35)/t23-/m1/s1. The van der Waals surface area contributed by atoms with Crippen LogP contribution in [0.1, 0.15) is 53.4 Å². The lowest BCUT2D eigenvalue weighted by atomic mass is 10.0. The molecule has 10 heteroatoms. The summed E-state index contributed by atoms with van der Waals surface area (Å²) < 4.78 is 1.96. The lowest BCUT2D eigenvalue weighted by molar-refractivity contribution is -0.113. The van der Waals surface area contributed by atoms with Crippen molar-refractivity contribution in [3.63, 3.8) is 0 Å². The van der Waals surface area contributed by atoms with Gasteiger partial charge in [0, 0.05) is 22.5 Å². The summed E-state index contributed by atoms with van der Waals surface area (Å²) in [6.45, 7) is 10.7. The van der Waals surface area contributed by atoms with Gasteiger partial charge in [0.25, 0.3) is 5.91 Å². The van der Waals surface area contributed by atoms with Gasteiger partial charge in [-0.05, 0) is 38.8 Å². The summed E-state index contributed by atoms with van der Waals surface area (Å²) in [5.41, 5.74) is 3.60. The number of amides is 2. The Balaban J connectivity index is 1.42. The van der Waals surface area contributed by atoms with E-state index in [1.54, 1.807) is 0 Å². The highest BCUT2D eigenvalue weighted by atomic mass is 32.2.